The summed E-state index contributed by atoms with van der Waals surface area (Å²) in [5.41, 5.74) is 16.9. The molecule has 46 heavy (non-hydrogen) atoms. The fraction of sp³-hybridized carbons (Fsp3) is 0.195. The zero-order chi connectivity index (χ0) is 30.2. The molecule has 2 aliphatic carbocycles. The van der Waals surface area contributed by atoms with Gasteiger partial charge in [0, 0.05) is 48.6 Å². The molecule has 0 bridgehead atoms. The number of benzene rings is 3. The summed E-state index contributed by atoms with van der Waals surface area (Å²) in [7, 11) is 0. The molecule has 5 heterocycles. The van der Waals surface area contributed by atoms with Gasteiger partial charge in [-0.2, -0.15) is 0 Å². The van der Waals surface area contributed by atoms with Gasteiger partial charge in [-0.3, -0.25) is 15.2 Å². The Kier molecular flexibility index (Phi) is 5.87. The number of rotatable bonds is 4. The third kappa shape index (κ3) is 4.05. The van der Waals surface area contributed by atoms with Crippen molar-refractivity contribution < 1.29 is 0 Å². The van der Waals surface area contributed by atoms with Gasteiger partial charge in [0.2, 0.25) is 0 Å². The highest BCUT2D eigenvalue weighted by Crippen LogP contribution is 2.44. The van der Waals surface area contributed by atoms with Gasteiger partial charge >= 0.3 is 0 Å². The summed E-state index contributed by atoms with van der Waals surface area (Å²) in [6.45, 7) is 1.94. The van der Waals surface area contributed by atoms with E-state index in [1.807, 2.05) is 0 Å². The number of aromatic amines is 2. The van der Waals surface area contributed by atoms with Gasteiger partial charge in [-0.1, -0.05) is 97.1 Å². The predicted molar refractivity (Wildman–Crippen MR) is 186 cm³/mol. The zero-order valence-corrected chi connectivity index (χ0v) is 25.6. The molecular weight excluding hydrogens is 562 g/mol. The summed E-state index contributed by atoms with van der Waals surface area (Å²) < 4.78 is 0. The van der Waals surface area contributed by atoms with E-state index in [0.29, 0.717) is 12.0 Å². The molecule has 5 aromatic rings. The van der Waals surface area contributed by atoms with Crippen molar-refractivity contribution in [2.24, 2.45) is 10.9 Å². The molecule has 0 saturated carbocycles. The van der Waals surface area contributed by atoms with Crippen LogP contribution in [0.15, 0.2) is 138 Å². The lowest BCUT2D eigenvalue weighted by atomic mass is 9.80. The number of aromatic nitrogens is 2. The number of hydrogen-bond donors (Lipinski definition) is 3. The minimum atomic E-state index is 0.133. The molecular formula is C41H35N5. The second-order valence-corrected chi connectivity index (χ2v) is 13.3. The minimum Gasteiger partial charge on any atom is -0.360 e. The van der Waals surface area contributed by atoms with E-state index in [1.54, 1.807) is 0 Å². The highest BCUT2D eigenvalue weighted by Gasteiger charge is 2.47. The summed E-state index contributed by atoms with van der Waals surface area (Å²) in [5.74, 6) is 0.305. The first-order valence-electron chi connectivity index (χ1n) is 16.6. The predicted octanol–water partition coefficient (Wildman–Crippen LogP) is 7.64. The Hall–Kier alpha value is -4.97. The molecule has 0 radical (unpaired) electrons. The quantitative estimate of drug-likeness (QED) is 0.199. The van der Waals surface area contributed by atoms with Crippen LogP contribution >= 0.6 is 0 Å². The lowest BCUT2D eigenvalue weighted by molar-refractivity contribution is 0.313. The molecule has 1 fully saturated rings. The van der Waals surface area contributed by atoms with Crippen molar-refractivity contribution in [1.29, 1.82) is 0 Å². The number of aliphatic imine (C=N–C) groups is 1. The fourth-order valence-corrected chi connectivity index (χ4v) is 8.54. The van der Waals surface area contributed by atoms with Crippen molar-refractivity contribution in [3.05, 3.63) is 155 Å². The Morgan fingerprint density at radius 1 is 0.739 bits per heavy atom. The summed E-state index contributed by atoms with van der Waals surface area (Å²) in [4.78, 5) is 15.0. The summed E-state index contributed by atoms with van der Waals surface area (Å²) >= 11 is 0. The Labute approximate surface area is 269 Å². The first-order valence-corrected chi connectivity index (χ1v) is 16.6. The van der Waals surface area contributed by atoms with Gasteiger partial charge in [0.05, 0.1) is 29.3 Å². The summed E-state index contributed by atoms with van der Waals surface area (Å²) in [6, 6.07) is 31.7. The van der Waals surface area contributed by atoms with Crippen molar-refractivity contribution >= 4 is 5.71 Å². The van der Waals surface area contributed by atoms with Crippen LogP contribution in [-0.4, -0.2) is 45.9 Å². The minimum absolute atomic E-state index is 0.133. The van der Waals surface area contributed by atoms with Crippen LogP contribution < -0.4 is 5.32 Å². The summed E-state index contributed by atoms with van der Waals surface area (Å²) in [6.07, 6.45) is 15.6. The van der Waals surface area contributed by atoms with Crippen molar-refractivity contribution in [2.75, 3.05) is 13.1 Å². The van der Waals surface area contributed by atoms with Gasteiger partial charge in [0.25, 0.3) is 0 Å². The number of allylic oxidation sites excluding steroid dienone is 2. The maximum absolute atomic E-state index is 5.42. The van der Waals surface area contributed by atoms with Crippen LogP contribution in [0.2, 0.25) is 0 Å². The topological polar surface area (TPSA) is 59.2 Å². The van der Waals surface area contributed by atoms with Crippen molar-refractivity contribution in [3.8, 4) is 33.6 Å². The van der Waals surface area contributed by atoms with Crippen LogP contribution in [-0.2, 0) is 12.8 Å². The standard InChI is InChI=1S/C41H35N5/c1-2-7-27(8-3-1)36-24-46-23-34-37(41(46)45-36)32-11-4-5-12-35(32)44-38(34)30-10-6-9-29(21-30)25-13-15-26(16-14-25)33-22-43-40-31(33)18-17-28-19-20-42-39(28)40/h1-16,19-22,32,35-36,41-43,45H,17-18,23-24H2. The van der Waals surface area contributed by atoms with E-state index in [4.69, 9.17) is 4.99 Å². The van der Waals surface area contributed by atoms with Crippen molar-refractivity contribution in [1.82, 2.24) is 20.2 Å². The van der Waals surface area contributed by atoms with Crippen LogP contribution in [0, 0.1) is 5.92 Å². The van der Waals surface area contributed by atoms with Gasteiger partial charge in [0.15, 0.2) is 0 Å². The highest BCUT2D eigenvalue weighted by molar-refractivity contribution is 6.15. The number of hydrogen-bond acceptors (Lipinski definition) is 3. The lowest BCUT2D eigenvalue weighted by Gasteiger charge is -2.32. The maximum Gasteiger partial charge on any atom is 0.0842 e. The molecule has 3 aromatic carbocycles. The maximum atomic E-state index is 5.42. The number of H-pyrrole nitrogens is 2. The van der Waals surface area contributed by atoms with Gasteiger partial charge in [-0.25, -0.2) is 0 Å². The molecule has 5 aliphatic rings. The summed E-state index contributed by atoms with van der Waals surface area (Å²) in [5, 5.41) is 4.00. The van der Waals surface area contributed by atoms with Crippen LogP contribution in [0.25, 0.3) is 33.6 Å². The third-order valence-electron chi connectivity index (χ3n) is 10.8. The van der Waals surface area contributed by atoms with Crippen LogP contribution in [0.1, 0.15) is 28.3 Å². The second kappa shape index (κ2) is 10.3. The van der Waals surface area contributed by atoms with Crippen LogP contribution in [0.4, 0.5) is 0 Å². The normalized spacial score (nSPS) is 24.3. The molecule has 1 saturated heterocycles. The molecule has 2 aromatic heterocycles. The SMILES string of the molecule is C1=CC2N=C(c3cccc(-c4ccc(-c5c[nH]c6c5CCc5cc[nH]c5-6)cc4)c3)C3=C(C2C=C1)C1NC(c2ccccc2)CN1C3. The lowest BCUT2D eigenvalue weighted by Crippen LogP contribution is -2.38. The number of nitrogens with one attached hydrogen (secondary N) is 3. The number of fused-ring (bicyclic) bond motifs is 7. The first-order chi connectivity index (χ1) is 22.8. The average Bonchev–Trinajstić information content (AvgIpc) is 3.91. The molecule has 0 amide bonds. The van der Waals surface area contributed by atoms with E-state index in [1.165, 1.54) is 67.0 Å². The Bertz CT molecular complexity index is 2100. The van der Waals surface area contributed by atoms with Crippen molar-refractivity contribution in [2.45, 2.75) is 31.1 Å². The monoisotopic (exact) mass is 597 g/mol. The molecule has 5 nitrogen and oxygen atoms in total. The Morgan fingerprint density at radius 2 is 1.59 bits per heavy atom. The first kappa shape index (κ1) is 26.3. The smallest absolute Gasteiger partial charge is 0.0842 e. The molecule has 3 aliphatic heterocycles. The van der Waals surface area contributed by atoms with Gasteiger partial charge < -0.3 is 9.97 Å². The van der Waals surface area contributed by atoms with Gasteiger partial charge in [0.1, 0.15) is 0 Å². The fourth-order valence-electron chi connectivity index (χ4n) is 8.54. The number of dihydropyridines is 1. The molecule has 5 heteroatoms. The van der Waals surface area contributed by atoms with Gasteiger partial charge in [-0.05, 0) is 69.5 Å². The van der Waals surface area contributed by atoms with Crippen LogP contribution in [0.3, 0.4) is 0 Å². The Balaban J connectivity index is 0.968. The average molecular weight is 598 g/mol. The zero-order valence-electron chi connectivity index (χ0n) is 25.6. The van der Waals surface area contributed by atoms with Crippen LogP contribution in [0.5, 0.6) is 0 Å². The largest absolute Gasteiger partial charge is 0.360 e. The molecule has 224 valence electrons. The molecule has 4 unspecified atom stereocenters. The van der Waals surface area contributed by atoms with E-state index in [-0.39, 0.29) is 12.2 Å². The number of aryl methyl sites for hydroxylation is 1. The highest BCUT2D eigenvalue weighted by atomic mass is 15.4. The molecule has 10 rings (SSSR count). The second-order valence-electron chi connectivity index (χ2n) is 13.3. The van der Waals surface area contributed by atoms with E-state index in [2.05, 4.69) is 142 Å². The molecule has 3 N–H and O–H groups in total. The van der Waals surface area contributed by atoms with E-state index < -0.39 is 0 Å². The Morgan fingerprint density at radius 3 is 2.50 bits per heavy atom. The van der Waals surface area contributed by atoms with Crippen molar-refractivity contribution in [3.63, 3.8) is 0 Å². The van der Waals surface area contributed by atoms with E-state index in [9.17, 15) is 0 Å². The van der Waals surface area contributed by atoms with E-state index >= 15 is 0 Å². The van der Waals surface area contributed by atoms with E-state index in [0.717, 1.165) is 31.6 Å². The third-order valence-corrected chi connectivity index (χ3v) is 10.8. The van der Waals surface area contributed by atoms with Gasteiger partial charge in [-0.15, -0.1) is 0 Å². The number of nitrogens with zero attached hydrogens (tertiary/aromatic N) is 2. The molecule has 0 spiro atoms. The molecule has 4 atom stereocenters.